The van der Waals surface area contributed by atoms with E-state index in [1.807, 2.05) is 0 Å². The van der Waals surface area contributed by atoms with Crippen molar-refractivity contribution in [2.45, 2.75) is 6.92 Å². The second-order valence-corrected chi connectivity index (χ2v) is 3.25. The molecule has 1 aromatic rings. The Balaban J connectivity index is 2.61. The van der Waals surface area contributed by atoms with Gasteiger partial charge in [0.15, 0.2) is 5.78 Å². The van der Waals surface area contributed by atoms with E-state index >= 15 is 0 Å². The molecular formula is C12H14O4. The minimum atomic E-state index is -0.483. The highest BCUT2D eigenvalue weighted by Crippen LogP contribution is 2.12. The van der Waals surface area contributed by atoms with Gasteiger partial charge in [0, 0.05) is 19.6 Å². The predicted molar refractivity (Wildman–Crippen MR) is 58.8 cm³/mol. The third-order valence-corrected chi connectivity index (χ3v) is 1.99. The van der Waals surface area contributed by atoms with Gasteiger partial charge in [0.1, 0.15) is 12.4 Å². The lowest BCUT2D eigenvalue weighted by molar-refractivity contribution is -0.113. The second kappa shape index (κ2) is 6.02. The van der Waals surface area contributed by atoms with Crippen LogP contribution < -0.4 is 4.74 Å². The maximum atomic E-state index is 11.3. The summed E-state index contributed by atoms with van der Waals surface area (Å²) in [7, 11) is 1.60. The normalized spacial score (nSPS) is 9.88. The van der Waals surface area contributed by atoms with E-state index in [1.54, 1.807) is 31.4 Å². The topological polar surface area (TPSA) is 52.6 Å². The van der Waals surface area contributed by atoms with Crippen LogP contribution in [0.2, 0.25) is 0 Å². The zero-order valence-corrected chi connectivity index (χ0v) is 9.36. The van der Waals surface area contributed by atoms with Gasteiger partial charge >= 0.3 is 0 Å². The molecule has 16 heavy (non-hydrogen) atoms. The van der Waals surface area contributed by atoms with Crippen molar-refractivity contribution in [1.29, 1.82) is 0 Å². The molecule has 0 saturated carbocycles. The zero-order valence-electron chi connectivity index (χ0n) is 9.36. The largest absolute Gasteiger partial charge is 0.491 e. The van der Waals surface area contributed by atoms with Crippen LogP contribution in [0.15, 0.2) is 24.3 Å². The molecule has 0 fully saturated rings. The molecule has 0 unspecified atom stereocenters. The molecule has 0 heterocycles. The molecule has 0 aliphatic carbocycles. The highest BCUT2D eigenvalue weighted by molar-refractivity contribution is 6.42. The van der Waals surface area contributed by atoms with Gasteiger partial charge in [0.05, 0.1) is 6.61 Å². The van der Waals surface area contributed by atoms with E-state index in [-0.39, 0.29) is 0 Å². The Kier molecular flexibility index (Phi) is 4.66. The summed E-state index contributed by atoms with van der Waals surface area (Å²) in [4.78, 5) is 22.1. The average molecular weight is 222 g/mol. The van der Waals surface area contributed by atoms with E-state index < -0.39 is 11.6 Å². The molecule has 0 N–H and O–H groups in total. The van der Waals surface area contributed by atoms with Crippen LogP contribution in [0.3, 0.4) is 0 Å². The fourth-order valence-corrected chi connectivity index (χ4v) is 1.15. The van der Waals surface area contributed by atoms with Crippen molar-refractivity contribution in [3.8, 4) is 5.75 Å². The van der Waals surface area contributed by atoms with Crippen LogP contribution in [0, 0.1) is 0 Å². The van der Waals surface area contributed by atoms with Crippen LogP contribution in [-0.4, -0.2) is 31.9 Å². The Morgan fingerprint density at radius 3 is 2.25 bits per heavy atom. The Hall–Kier alpha value is -1.68. The van der Waals surface area contributed by atoms with E-state index in [4.69, 9.17) is 9.47 Å². The third-order valence-electron chi connectivity index (χ3n) is 1.99. The molecule has 4 heteroatoms. The van der Waals surface area contributed by atoms with E-state index in [2.05, 4.69) is 0 Å². The second-order valence-electron chi connectivity index (χ2n) is 3.25. The summed E-state index contributed by atoms with van der Waals surface area (Å²) in [5, 5.41) is 0. The zero-order chi connectivity index (χ0) is 12.0. The minimum absolute atomic E-state index is 0.381. The van der Waals surface area contributed by atoms with E-state index in [0.29, 0.717) is 24.5 Å². The summed E-state index contributed by atoms with van der Waals surface area (Å²) >= 11 is 0. The van der Waals surface area contributed by atoms with Crippen molar-refractivity contribution in [3.63, 3.8) is 0 Å². The molecule has 0 spiro atoms. The lowest BCUT2D eigenvalue weighted by Gasteiger charge is -2.05. The number of methoxy groups -OCH3 is 1. The van der Waals surface area contributed by atoms with Gasteiger partial charge in [-0.25, -0.2) is 0 Å². The first-order chi connectivity index (χ1) is 7.65. The van der Waals surface area contributed by atoms with Crippen LogP contribution in [0.25, 0.3) is 0 Å². The summed E-state index contributed by atoms with van der Waals surface area (Å²) in [5.74, 6) is -0.298. The molecule has 0 aliphatic rings. The van der Waals surface area contributed by atoms with Gasteiger partial charge in [0.25, 0.3) is 0 Å². The number of benzene rings is 1. The van der Waals surface area contributed by atoms with Crippen molar-refractivity contribution in [3.05, 3.63) is 29.8 Å². The van der Waals surface area contributed by atoms with Crippen LogP contribution in [0.1, 0.15) is 17.3 Å². The van der Waals surface area contributed by atoms with Crippen molar-refractivity contribution >= 4 is 11.6 Å². The molecule has 0 atom stereocenters. The van der Waals surface area contributed by atoms with E-state index in [9.17, 15) is 9.59 Å². The maximum Gasteiger partial charge on any atom is 0.228 e. The first kappa shape index (κ1) is 12.4. The van der Waals surface area contributed by atoms with Crippen LogP contribution in [0.5, 0.6) is 5.75 Å². The quantitative estimate of drug-likeness (QED) is 0.415. The van der Waals surface area contributed by atoms with Crippen LogP contribution in [0.4, 0.5) is 0 Å². The number of carbonyl (C=O) groups excluding carboxylic acids is 2. The Morgan fingerprint density at radius 2 is 1.75 bits per heavy atom. The number of hydrogen-bond donors (Lipinski definition) is 0. The van der Waals surface area contributed by atoms with Gasteiger partial charge in [-0.05, 0) is 24.3 Å². The van der Waals surface area contributed by atoms with Crippen molar-refractivity contribution in [1.82, 2.24) is 0 Å². The van der Waals surface area contributed by atoms with Crippen LogP contribution in [-0.2, 0) is 9.53 Å². The van der Waals surface area contributed by atoms with E-state index in [1.165, 1.54) is 6.92 Å². The first-order valence-electron chi connectivity index (χ1n) is 4.92. The Bertz CT molecular complexity index is 367. The molecule has 0 bridgehead atoms. The smallest absolute Gasteiger partial charge is 0.228 e. The van der Waals surface area contributed by atoms with Gasteiger partial charge in [-0.15, -0.1) is 0 Å². The monoisotopic (exact) mass is 222 g/mol. The standard InChI is InChI=1S/C12H14O4/c1-9(13)12(14)10-3-5-11(6-4-10)16-8-7-15-2/h3-6H,7-8H2,1-2H3. The SMILES string of the molecule is COCCOc1ccc(C(=O)C(C)=O)cc1. The minimum Gasteiger partial charge on any atom is -0.491 e. The molecule has 4 nitrogen and oxygen atoms in total. The number of hydrogen-bond acceptors (Lipinski definition) is 4. The Morgan fingerprint density at radius 1 is 1.12 bits per heavy atom. The molecule has 86 valence electrons. The van der Waals surface area contributed by atoms with Gasteiger partial charge in [0.2, 0.25) is 5.78 Å². The molecule has 1 rings (SSSR count). The highest BCUT2D eigenvalue weighted by atomic mass is 16.5. The molecule has 0 aromatic heterocycles. The van der Waals surface area contributed by atoms with Gasteiger partial charge in [-0.1, -0.05) is 0 Å². The molecule has 0 aliphatic heterocycles. The number of carbonyl (C=O) groups is 2. The van der Waals surface area contributed by atoms with Crippen molar-refractivity contribution < 1.29 is 19.1 Å². The number of ketones is 2. The first-order valence-corrected chi connectivity index (χ1v) is 4.92. The predicted octanol–water partition coefficient (Wildman–Crippen LogP) is 1.48. The molecule has 0 radical (unpaired) electrons. The summed E-state index contributed by atoms with van der Waals surface area (Å²) < 4.78 is 10.2. The number of rotatable bonds is 6. The fraction of sp³-hybridized carbons (Fsp3) is 0.333. The molecular weight excluding hydrogens is 208 g/mol. The van der Waals surface area contributed by atoms with E-state index in [0.717, 1.165) is 0 Å². The summed E-state index contributed by atoms with van der Waals surface area (Å²) in [5.41, 5.74) is 0.381. The lowest BCUT2D eigenvalue weighted by Crippen LogP contribution is -2.09. The van der Waals surface area contributed by atoms with Crippen molar-refractivity contribution in [2.75, 3.05) is 20.3 Å². The highest BCUT2D eigenvalue weighted by Gasteiger charge is 2.10. The summed E-state index contributed by atoms with van der Waals surface area (Å²) in [6, 6.07) is 6.47. The van der Waals surface area contributed by atoms with Crippen molar-refractivity contribution in [2.24, 2.45) is 0 Å². The third kappa shape index (κ3) is 3.47. The van der Waals surface area contributed by atoms with Gasteiger partial charge < -0.3 is 9.47 Å². The molecule has 1 aromatic carbocycles. The summed E-state index contributed by atoms with van der Waals surface area (Å²) in [6.07, 6.45) is 0. The summed E-state index contributed by atoms with van der Waals surface area (Å²) in [6.45, 7) is 2.22. The average Bonchev–Trinajstić information content (AvgIpc) is 2.29. The fourth-order valence-electron chi connectivity index (χ4n) is 1.15. The lowest BCUT2D eigenvalue weighted by atomic mass is 10.1. The molecule has 0 saturated heterocycles. The number of Topliss-reactive ketones (excluding diaryl/α,β-unsaturated/α-hetero) is 2. The van der Waals surface area contributed by atoms with Gasteiger partial charge in [-0.3, -0.25) is 9.59 Å². The number of ether oxygens (including phenoxy) is 2. The van der Waals surface area contributed by atoms with Crippen LogP contribution >= 0.6 is 0 Å². The molecule has 0 amide bonds. The van der Waals surface area contributed by atoms with Gasteiger partial charge in [-0.2, -0.15) is 0 Å². The maximum absolute atomic E-state index is 11.3. The Labute approximate surface area is 94.2 Å².